The van der Waals surface area contributed by atoms with Gasteiger partial charge in [0.15, 0.2) is 5.17 Å². The van der Waals surface area contributed by atoms with Gasteiger partial charge in [0.1, 0.15) is 0 Å². The molecule has 2 nitrogen and oxygen atoms in total. The summed E-state index contributed by atoms with van der Waals surface area (Å²) in [7, 11) is 0. The predicted molar refractivity (Wildman–Crippen MR) is 53.1 cm³/mol. The van der Waals surface area contributed by atoms with Gasteiger partial charge >= 0.3 is 0 Å². The smallest absolute Gasteiger partial charge is 0.175 e. The van der Waals surface area contributed by atoms with Gasteiger partial charge in [-0.1, -0.05) is 44.8 Å². The van der Waals surface area contributed by atoms with Gasteiger partial charge in [-0.3, -0.25) is 0 Å². The molecule has 0 aliphatic heterocycles. The molecule has 0 amide bonds. The van der Waals surface area contributed by atoms with E-state index in [2.05, 4.69) is 21.1 Å². The summed E-state index contributed by atoms with van der Waals surface area (Å²) in [6, 6.07) is 5.49. The van der Waals surface area contributed by atoms with Crippen LogP contribution in [0.5, 0.6) is 0 Å². The molecule has 1 aromatic carbocycles. The van der Waals surface area contributed by atoms with E-state index in [0.29, 0.717) is 5.56 Å². The molecule has 0 spiro atoms. The van der Waals surface area contributed by atoms with Crippen LogP contribution in [0.3, 0.4) is 0 Å². The van der Waals surface area contributed by atoms with E-state index in [4.69, 9.17) is 16.8 Å². The summed E-state index contributed by atoms with van der Waals surface area (Å²) in [5.41, 5.74) is 1.80. The van der Waals surface area contributed by atoms with Crippen LogP contribution in [-0.2, 0) is 0 Å². The van der Waals surface area contributed by atoms with Gasteiger partial charge in [0.25, 0.3) is 0 Å². The quantitative estimate of drug-likeness (QED) is 0.462. The van der Waals surface area contributed by atoms with Gasteiger partial charge in [0.2, 0.25) is 0 Å². The maximum absolute atomic E-state index is 8.39. The van der Waals surface area contributed by atoms with Gasteiger partial charge in [0.05, 0.1) is 0 Å². The second kappa shape index (κ2) is 3.92. The van der Waals surface area contributed by atoms with E-state index in [-0.39, 0.29) is 5.17 Å². The van der Waals surface area contributed by atoms with Crippen molar-refractivity contribution in [3.8, 4) is 0 Å². The average molecular weight is 249 g/mol. The molecule has 0 atom stereocenters. The SMILES string of the molecule is Cc1ccc(/C(Cl)=N\O)cc1Br. The normalized spacial score (nSPS) is 11.8. The highest BCUT2D eigenvalue weighted by Gasteiger charge is 2.01. The Kier molecular flexibility index (Phi) is 3.12. The molecule has 0 radical (unpaired) electrons. The summed E-state index contributed by atoms with van der Waals surface area (Å²) in [6.45, 7) is 1.97. The average Bonchev–Trinajstić information content (AvgIpc) is 2.08. The highest BCUT2D eigenvalue weighted by molar-refractivity contribution is 9.10. The molecule has 1 aromatic rings. The second-order valence-electron chi connectivity index (χ2n) is 2.35. The molecule has 0 fully saturated rings. The minimum Gasteiger partial charge on any atom is -0.410 e. The molecule has 64 valence electrons. The number of oxime groups is 1. The number of hydrogen-bond acceptors (Lipinski definition) is 2. The Morgan fingerprint density at radius 2 is 2.25 bits per heavy atom. The van der Waals surface area contributed by atoms with Crippen molar-refractivity contribution in [3.63, 3.8) is 0 Å². The van der Waals surface area contributed by atoms with E-state index in [1.54, 1.807) is 12.1 Å². The summed E-state index contributed by atoms with van der Waals surface area (Å²) in [6.07, 6.45) is 0. The maximum atomic E-state index is 8.39. The standard InChI is InChI=1S/C8H7BrClNO/c1-5-2-3-6(4-7(5)9)8(10)11-12/h2-4,12H,1H3/b11-8+. The lowest BCUT2D eigenvalue weighted by Gasteiger charge is -2.00. The monoisotopic (exact) mass is 247 g/mol. The molecule has 4 heteroatoms. The maximum Gasteiger partial charge on any atom is 0.175 e. The molecule has 0 saturated heterocycles. The topological polar surface area (TPSA) is 32.6 Å². The number of benzene rings is 1. The van der Waals surface area contributed by atoms with E-state index in [1.165, 1.54) is 0 Å². The van der Waals surface area contributed by atoms with Crippen molar-refractivity contribution >= 4 is 32.7 Å². The summed E-state index contributed by atoms with van der Waals surface area (Å²) >= 11 is 8.94. The fourth-order valence-corrected chi connectivity index (χ4v) is 1.28. The third-order valence-electron chi connectivity index (χ3n) is 1.50. The van der Waals surface area contributed by atoms with Gasteiger partial charge in [0, 0.05) is 10.0 Å². The Morgan fingerprint density at radius 3 is 2.75 bits per heavy atom. The number of nitrogens with zero attached hydrogens (tertiary/aromatic N) is 1. The van der Waals surface area contributed by atoms with Crippen molar-refractivity contribution in [1.29, 1.82) is 0 Å². The Morgan fingerprint density at radius 1 is 1.58 bits per heavy atom. The van der Waals surface area contributed by atoms with Crippen molar-refractivity contribution in [2.75, 3.05) is 0 Å². The van der Waals surface area contributed by atoms with E-state index in [0.717, 1.165) is 10.0 Å². The van der Waals surface area contributed by atoms with Crippen molar-refractivity contribution in [1.82, 2.24) is 0 Å². The Balaban J connectivity index is 3.13. The van der Waals surface area contributed by atoms with Crippen LogP contribution in [0.1, 0.15) is 11.1 Å². The van der Waals surface area contributed by atoms with E-state index >= 15 is 0 Å². The van der Waals surface area contributed by atoms with Crippen molar-refractivity contribution in [2.24, 2.45) is 5.16 Å². The molecule has 0 aromatic heterocycles. The lowest BCUT2D eigenvalue weighted by Crippen LogP contribution is -1.91. The zero-order chi connectivity index (χ0) is 9.14. The molecular weight excluding hydrogens is 241 g/mol. The highest BCUT2D eigenvalue weighted by atomic mass is 79.9. The Bertz CT molecular complexity index is 325. The molecule has 1 rings (SSSR count). The predicted octanol–water partition coefficient (Wildman–Crippen LogP) is 3.13. The van der Waals surface area contributed by atoms with Gasteiger partial charge in [-0.15, -0.1) is 0 Å². The number of aryl methyl sites for hydroxylation is 1. The molecular formula is C8H7BrClNO. The van der Waals surface area contributed by atoms with Crippen LogP contribution in [0.25, 0.3) is 0 Å². The molecule has 0 aliphatic carbocycles. The molecule has 1 N–H and O–H groups in total. The van der Waals surface area contributed by atoms with Gasteiger partial charge in [-0.2, -0.15) is 0 Å². The lowest BCUT2D eigenvalue weighted by molar-refractivity contribution is 0.321. The second-order valence-corrected chi connectivity index (χ2v) is 3.57. The van der Waals surface area contributed by atoms with Crippen molar-refractivity contribution < 1.29 is 5.21 Å². The first kappa shape index (κ1) is 9.55. The fourth-order valence-electron chi connectivity index (χ4n) is 0.779. The van der Waals surface area contributed by atoms with Crippen LogP contribution in [0.4, 0.5) is 0 Å². The summed E-state index contributed by atoms with van der Waals surface area (Å²) in [5, 5.41) is 11.4. The lowest BCUT2D eigenvalue weighted by atomic mass is 10.2. The fraction of sp³-hybridized carbons (Fsp3) is 0.125. The summed E-state index contributed by atoms with van der Waals surface area (Å²) < 4.78 is 0.946. The van der Waals surface area contributed by atoms with Crippen LogP contribution >= 0.6 is 27.5 Å². The van der Waals surface area contributed by atoms with E-state index in [1.807, 2.05) is 13.0 Å². The van der Waals surface area contributed by atoms with Crippen molar-refractivity contribution in [2.45, 2.75) is 6.92 Å². The van der Waals surface area contributed by atoms with Crippen LogP contribution in [0.15, 0.2) is 27.8 Å². The Labute approximate surface area is 84.0 Å². The van der Waals surface area contributed by atoms with Crippen LogP contribution in [-0.4, -0.2) is 10.4 Å². The minimum atomic E-state index is 0.0932. The van der Waals surface area contributed by atoms with Gasteiger partial charge < -0.3 is 5.21 Å². The van der Waals surface area contributed by atoms with Crippen LogP contribution in [0.2, 0.25) is 0 Å². The highest BCUT2D eigenvalue weighted by Crippen LogP contribution is 2.18. The zero-order valence-electron chi connectivity index (χ0n) is 6.38. The Hall–Kier alpha value is -0.540. The van der Waals surface area contributed by atoms with E-state index in [9.17, 15) is 0 Å². The van der Waals surface area contributed by atoms with Crippen molar-refractivity contribution in [3.05, 3.63) is 33.8 Å². The molecule has 0 aliphatic rings. The number of hydrogen-bond donors (Lipinski definition) is 1. The summed E-state index contributed by atoms with van der Waals surface area (Å²) in [5.74, 6) is 0. The van der Waals surface area contributed by atoms with Gasteiger partial charge in [-0.25, -0.2) is 0 Å². The third-order valence-corrected chi connectivity index (χ3v) is 2.65. The first-order chi connectivity index (χ1) is 5.65. The van der Waals surface area contributed by atoms with E-state index < -0.39 is 0 Å². The molecule has 0 saturated carbocycles. The zero-order valence-corrected chi connectivity index (χ0v) is 8.72. The van der Waals surface area contributed by atoms with Gasteiger partial charge in [-0.05, 0) is 18.6 Å². The molecule has 12 heavy (non-hydrogen) atoms. The van der Waals surface area contributed by atoms with Crippen LogP contribution < -0.4 is 0 Å². The molecule has 0 bridgehead atoms. The minimum absolute atomic E-state index is 0.0932. The number of rotatable bonds is 1. The number of halogens is 2. The first-order valence-electron chi connectivity index (χ1n) is 3.29. The summed E-state index contributed by atoms with van der Waals surface area (Å²) in [4.78, 5) is 0. The largest absolute Gasteiger partial charge is 0.410 e. The molecule has 0 unspecified atom stereocenters. The van der Waals surface area contributed by atoms with Crippen LogP contribution in [0, 0.1) is 6.92 Å². The third kappa shape index (κ3) is 1.99. The molecule has 0 heterocycles. The first-order valence-corrected chi connectivity index (χ1v) is 4.46.